The maximum absolute atomic E-state index is 11.9. The van der Waals surface area contributed by atoms with E-state index in [1.807, 2.05) is 42.5 Å². The van der Waals surface area contributed by atoms with Crippen LogP contribution in [0.15, 0.2) is 60.7 Å². The van der Waals surface area contributed by atoms with Gasteiger partial charge >= 0.3 is 0 Å². The number of allylic oxidation sites excluding steroid dienone is 1. The molecule has 0 atom stereocenters. The number of ether oxygens (including phenoxy) is 1. The van der Waals surface area contributed by atoms with Gasteiger partial charge in [0.25, 0.3) is 0 Å². The van der Waals surface area contributed by atoms with Gasteiger partial charge in [-0.15, -0.1) is 6.42 Å². The molecule has 2 heteroatoms. The lowest BCUT2D eigenvalue weighted by molar-refractivity contribution is 0.104. The standard InChI is InChI=1S/C18H14O2/c1-2-14-20-17-11-8-15(9-12-17)10-13-18(19)16-6-4-3-5-7-16/h1,3-13H,14H2/b13-10+. The summed E-state index contributed by atoms with van der Waals surface area (Å²) in [6, 6.07) is 16.6. The zero-order valence-corrected chi connectivity index (χ0v) is 11.0. The highest BCUT2D eigenvalue weighted by Gasteiger charge is 1.99. The fourth-order valence-electron chi connectivity index (χ4n) is 1.67. The lowest BCUT2D eigenvalue weighted by Gasteiger charge is -2.01. The molecular formula is C18H14O2. The third-order valence-electron chi connectivity index (χ3n) is 2.69. The molecule has 0 saturated heterocycles. The van der Waals surface area contributed by atoms with E-state index in [2.05, 4.69) is 5.92 Å². The molecule has 0 aromatic heterocycles. The highest BCUT2D eigenvalue weighted by molar-refractivity contribution is 6.06. The van der Waals surface area contributed by atoms with E-state index in [4.69, 9.17) is 11.2 Å². The Morgan fingerprint density at radius 3 is 2.45 bits per heavy atom. The predicted molar refractivity (Wildman–Crippen MR) is 80.6 cm³/mol. The number of rotatable bonds is 5. The van der Waals surface area contributed by atoms with E-state index in [9.17, 15) is 4.79 Å². The van der Waals surface area contributed by atoms with Crippen LogP contribution in [0.25, 0.3) is 6.08 Å². The van der Waals surface area contributed by atoms with Gasteiger partial charge in [0.2, 0.25) is 0 Å². The first-order valence-electron chi connectivity index (χ1n) is 6.23. The summed E-state index contributed by atoms with van der Waals surface area (Å²) in [4.78, 5) is 11.9. The third kappa shape index (κ3) is 3.86. The van der Waals surface area contributed by atoms with Crippen LogP contribution in [-0.4, -0.2) is 12.4 Å². The summed E-state index contributed by atoms with van der Waals surface area (Å²) in [7, 11) is 0. The van der Waals surface area contributed by atoms with Crippen LogP contribution in [0.5, 0.6) is 5.75 Å². The monoisotopic (exact) mass is 262 g/mol. The van der Waals surface area contributed by atoms with E-state index >= 15 is 0 Å². The quantitative estimate of drug-likeness (QED) is 0.467. The number of hydrogen-bond donors (Lipinski definition) is 0. The van der Waals surface area contributed by atoms with Crippen molar-refractivity contribution in [2.24, 2.45) is 0 Å². The number of ketones is 1. The highest BCUT2D eigenvalue weighted by atomic mass is 16.5. The van der Waals surface area contributed by atoms with E-state index in [1.54, 1.807) is 24.3 Å². The smallest absolute Gasteiger partial charge is 0.185 e. The van der Waals surface area contributed by atoms with E-state index < -0.39 is 0 Å². The maximum Gasteiger partial charge on any atom is 0.185 e. The zero-order valence-electron chi connectivity index (χ0n) is 11.0. The molecule has 0 amide bonds. The Labute approximate surface area is 118 Å². The van der Waals surface area contributed by atoms with Gasteiger partial charge in [-0.3, -0.25) is 4.79 Å². The molecule has 0 fully saturated rings. The minimum absolute atomic E-state index is 0.0155. The van der Waals surface area contributed by atoms with Crippen molar-refractivity contribution in [3.05, 3.63) is 71.8 Å². The Morgan fingerprint density at radius 2 is 1.80 bits per heavy atom. The average molecular weight is 262 g/mol. The third-order valence-corrected chi connectivity index (χ3v) is 2.69. The second-order valence-electron chi connectivity index (χ2n) is 4.13. The van der Waals surface area contributed by atoms with E-state index in [1.165, 1.54) is 0 Å². The van der Waals surface area contributed by atoms with Gasteiger partial charge in [0.1, 0.15) is 12.4 Å². The summed E-state index contributed by atoms with van der Waals surface area (Å²) >= 11 is 0. The second kappa shape index (κ2) is 6.96. The van der Waals surface area contributed by atoms with Gasteiger partial charge in [-0.2, -0.15) is 0 Å². The van der Waals surface area contributed by atoms with Gasteiger partial charge < -0.3 is 4.74 Å². The van der Waals surface area contributed by atoms with Crippen LogP contribution in [0.4, 0.5) is 0 Å². The number of benzene rings is 2. The first-order chi connectivity index (χ1) is 9.79. The second-order valence-corrected chi connectivity index (χ2v) is 4.13. The molecule has 0 N–H and O–H groups in total. The van der Waals surface area contributed by atoms with Crippen LogP contribution in [-0.2, 0) is 0 Å². The normalized spacial score (nSPS) is 10.2. The average Bonchev–Trinajstić information content (AvgIpc) is 2.52. The van der Waals surface area contributed by atoms with Gasteiger partial charge in [0.15, 0.2) is 5.78 Å². The molecule has 2 rings (SSSR count). The minimum Gasteiger partial charge on any atom is -0.481 e. The van der Waals surface area contributed by atoms with Crippen LogP contribution in [0.2, 0.25) is 0 Å². The molecule has 0 aliphatic heterocycles. The largest absolute Gasteiger partial charge is 0.481 e. The molecule has 98 valence electrons. The molecule has 0 radical (unpaired) electrons. The van der Waals surface area contributed by atoms with Gasteiger partial charge in [-0.1, -0.05) is 54.5 Å². The van der Waals surface area contributed by atoms with Crippen molar-refractivity contribution in [2.45, 2.75) is 0 Å². The molecule has 0 bridgehead atoms. The van der Waals surface area contributed by atoms with Gasteiger partial charge in [0.05, 0.1) is 0 Å². The number of carbonyl (C=O) groups is 1. The number of carbonyl (C=O) groups excluding carboxylic acids is 1. The van der Waals surface area contributed by atoms with Gasteiger partial charge in [0, 0.05) is 5.56 Å². The maximum atomic E-state index is 11.9. The van der Waals surface area contributed by atoms with Crippen LogP contribution in [0.3, 0.4) is 0 Å². The van der Waals surface area contributed by atoms with Gasteiger partial charge in [-0.25, -0.2) is 0 Å². The Bertz CT molecular complexity index is 631. The van der Waals surface area contributed by atoms with Crippen molar-refractivity contribution >= 4 is 11.9 Å². The molecule has 0 unspecified atom stereocenters. The molecule has 0 heterocycles. The predicted octanol–water partition coefficient (Wildman–Crippen LogP) is 3.59. The van der Waals surface area contributed by atoms with E-state index in [0.29, 0.717) is 5.56 Å². The van der Waals surface area contributed by atoms with Crippen molar-refractivity contribution in [2.75, 3.05) is 6.61 Å². The topological polar surface area (TPSA) is 26.3 Å². The van der Waals surface area contributed by atoms with Crippen molar-refractivity contribution in [3.8, 4) is 18.1 Å². The zero-order chi connectivity index (χ0) is 14.2. The molecule has 0 saturated carbocycles. The lowest BCUT2D eigenvalue weighted by Crippen LogP contribution is -1.93. The molecule has 2 aromatic rings. The van der Waals surface area contributed by atoms with E-state index in [0.717, 1.165) is 11.3 Å². The molecule has 0 aliphatic carbocycles. The first kappa shape index (κ1) is 13.6. The summed E-state index contributed by atoms with van der Waals surface area (Å²) in [5.74, 6) is 3.11. The molecule has 0 spiro atoms. The Kier molecular flexibility index (Phi) is 4.75. The van der Waals surface area contributed by atoms with Gasteiger partial charge in [-0.05, 0) is 23.8 Å². The summed E-state index contributed by atoms with van der Waals surface area (Å²) in [5, 5.41) is 0. The number of terminal acetylenes is 1. The summed E-state index contributed by atoms with van der Waals surface area (Å²) in [6.45, 7) is 0.252. The highest BCUT2D eigenvalue weighted by Crippen LogP contribution is 2.13. The van der Waals surface area contributed by atoms with Crippen LogP contribution < -0.4 is 4.74 Å². The Morgan fingerprint density at radius 1 is 1.10 bits per heavy atom. The van der Waals surface area contributed by atoms with Crippen molar-refractivity contribution in [3.63, 3.8) is 0 Å². The van der Waals surface area contributed by atoms with Crippen molar-refractivity contribution in [1.29, 1.82) is 0 Å². The van der Waals surface area contributed by atoms with Crippen molar-refractivity contribution in [1.82, 2.24) is 0 Å². The van der Waals surface area contributed by atoms with Crippen LogP contribution >= 0.6 is 0 Å². The SMILES string of the molecule is C#CCOc1ccc(/C=C/C(=O)c2ccccc2)cc1. The van der Waals surface area contributed by atoms with Crippen LogP contribution in [0, 0.1) is 12.3 Å². The first-order valence-corrected chi connectivity index (χ1v) is 6.23. The molecule has 20 heavy (non-hydrogen) atoms. The number of hydrogen-bond acceptors (Lipinski definition) is 2. The summed E-state index contributed by atoms with van der Waals surface area (Å²) in [6.07, 6.45) is 8.46. The summed E-state index contributed by atoms with van der Waals surface area (Å²) in [5.41, 5.74) is 1.61. The Balaban J connectivity index is 2.01. The lowest BCUT2D eigenvalue weighted by atomic mass is 10.1. The molecular weight excluding hydrogens is 248 g/mol. The summed E-state index contributed by atoms with van der Waals surface area (Å²) < 4.78 is 5.28. The minimum atomic E-state index is -0.0155. The van der Waals surface area contributed by atoms with Crippen molar-refractivity contribution < 1.29 is 9.53 Å². The molecule has 2 aromatic carbocycles. The fraction of sp³-hybridized carbons (Fsp3) is 0.0556. The Hall–Kier alpha value is -2.79. The molecule has 0 aliphatic rings. The van der Waals surface area contributed by atoms with E-state index in [-0.39, 0.29) is 12.4 Å². The molecule has 2 nitrogen and oxygen atoms in total. The van der Waals surface area contributed by atoms with Crippen LogP contribution in [0.1, 0.15) is 15.9 Å². The fourth-order valence-corrected chi connectivity index (χ4v) is 1.67.